The van der Waals surface area contributed by atoms with Crippen molar-refractivity contribution in [3.63, 3.8) is 0 Å². The van der Waals surface area contributed by atoms with Crippen molar-refractivity contribution >= 4 is 22.2 Å². The van der Waals surface area contributed by atoms with Gasteiger partial charge < -0.3 is 9.64 Å². The molecule has 0 aliphatic carbocycles. The van der Waals surface area contributed by atoms with Crippen LogP contribution in [-0.4, -0.2) is 33.8 Å². The molecular formula is C29H27N3O2S. The summed E-state index contributed by atoms with van der Waals surface area (Å²) in [5.74, 6) is 0.858. The lowest BCUT2D eigenvalue weighted by Gasteiger charge is -2.23. The summed E-state index contributed by atoms with van der Waals surface area (Å²) in [6, 6.07) is 28.3. The van der Waals surface area contributed by atoms with Crippen LogP contribution in [0.15, 0.2) is 91.1 Å². The molecule has 3 aromatic carbocycles. The third kappa shape index (κ3) is 4.98. The van der Waals surface area contributed by atoms with Gasteiger partial charge in [-0.2, -0.15) is 0 Å². The number of hydrogen-bond acceptors (Lipinski definition) is 4. The summed E-state index contributed by atoms with van der Waals surface area (Å²) in [6.45, 7) is 3.21. The highest BCUT2D eigenvalue weighted by Gasteiger charge is 2.23. The van der Waals surface area contributed by atoms with Crippen molar-refractivity contribution in [2.24, 2.45) is 0 Å². The Kier molecular flexibility index (Phi) is 6.64. The lowest BCUT2D eigenvalue weighted by atomic mass is 10.1. The zero-order chi connectivity index (χ0) is 24.2. The Bertz CT molecular complexity index is 1420. The summed E-state index contributed by atoms with van der Waals surface area (Å²) < 4.78 is 7.28. The number of aryl methyl sites for hydroxylation is 1. The van der Waals surface area contributed by atoms with Crippen molar-refractivity contribution in [3.05, 3.63) is 113 Å². The Hall–Kier alpha value is -3.90. The standard InChI is InChI=1S/C29H27N3O2S/c1-21-27(35-29-30-26(20-32(21)29)24-13-15-25(34-2)16-14-24)28(33)31(19-23-11-7-4-8-12-23)18-17-22-9-5-3-6-10-22/h3-16,20H,17-19H2,1-2H3. The van der Waals surface area contributed by atoms with Crippen LogP contribution in [0.1, 0.15) is 26.5 Å². The normalized spacial score (nSPS) is 11.0. The number of thiazole rings is 1. The second-order valence-corrected chi connectivity index (χ2v) is 9.45. The predicted molar refractivity (Wildman–Crippen MR) is 141 cm³/mol. The molecule has 0 fully saturated rings. The highest BCUT2D eigenvalue weighted by Crippen LogP contribution is 2.29. The van der Waals surface area contributed by atoms with Gasteiger partial charge in [-0.05, 0) is 48.7 Å². The number of methoxy groups -OCH3 is 1. The summed E-state index contributed by atoms with van der Waals surface area (Å²) >= 11 is 1.45. The maximum atomic E-state index is 13.8. The molecule has 6 heteroatoms. The van der Waals surface area contributed by atoms with E-state index in [4.69, 9.17) is 9.72 Å². The van der Waals surface area contributed by atoms with E-state index in [0.29, 0.717) is 13.1 Å². The molecule has 176 valence electrons. The van der Waals surface area contributed by atoms with Crippen LogP contribution in [0.3, 0.4) is 0 Å². The van der Waals surface area contributed by atoms with Gasteiger partial charge in [0, 0.05) is 30.5 Å². The molecule has 0 spiro atoms. The van der Waals surface area contributed by atoms with E-state index < -0.39 is 0 Å². The molecule has 5 nitrogen and oxygen atoms in total. The third-order valence-electron chi connectivity index (χ3n) is 6.15. The lowest BCUT2D eigenvalue weighted by molar-refractivity contribution is 0.0749. The van der Waals surface area contributed by atoms with E-state index >= 15 is 0 Å². The van der Waals surface area contributed by atoms with Gasteiger partial charge in [-0.1, -0.05) is 72.0 Å². The molecule has 0 bridgehead atoms. The van der Waals surface area contributed by atoms with Crippen LogP contribution in [0.5, 0.6) is 5.75 Å². The Labute approximate surface area is 209 Å². The van der Waals surface area contributed by atoms with E-state index in [1.807, 2.05) is 83.1 Å². The maximum absolute atomic E-state index is 13.8. The number of imidazole rings is 1. The van der Waals surface area contributed by atoms with Gasteiger partial charge >= 0.3 is 0 Å². The number of amides is 1. The molecule has 5 rings (SSSR count). The minimum absolute atomic E-state index is 0.0452. The van der Waals surface area contributed by atoms with E-state index in [1.165, 1.54) is 16.9 Å². The van der Waals surface area contributed by atoms with E-state index in [-0.39, 0.29) is 5.91 Å². The number of benzene rings is 3. The fourth-order valence-electron chi connectivity index (χ4n) is 4.16. The van der Waals surface area contributed by atoms with Gasteiger partial charge in [0.05, 0.1) is 12.8 Å². The topological polar surface area (TPSA) is 46.8 Å². The van der Waals surface area contributed by atoms with E-state index in [1.54, 1.807) is 7.11 Å². The molecule has 0 atom stereocenters. The van der Waals surface area contributed by atoms with Crippen LogP contribution < -0.4 is 4.74 Å². The largest absolute Gasteiger partial charge is 0.497 e. The molecule has 2 aromatic heterocycles. The van der Waals surface area contributed by atoms with Crippen LogP contribution in [0.4, 0.5) is 0 Å². The molecule has 0 aliphatic rings. The maximum Gasteiger partial charge on any atom is 0.266 e. The molecule has 0 N–H and O–H groups in total. The van der Waals surface area contributed by atoms with Crippen molar-refractivity contribution in [3.8, 4) is 17.0 Å². The average molecular weight is 482 g/mol. The molecule has 0 saturated carbocycles. The van der Waals surface area contributed by atoms with Gasteiger partial charge in [0.2, 0.25) is 0 Å². The molecule has 0 unspecified atom stereocenters. The SMILES string of the molecule is COc1ccc(-c2cn3c(C)c(C(=O)N(CCc4ccccc4)Cc4ccccc4)sc3n2)cc1. The molecule has 0 radical (unpaired) electrons. The number of nitrogens with zero attached hydrogens (tertiary/aromatic N) is 3. The van der Waals surface area contributed by atoms with E-state index in [9.17, 15) is 4.79 Å². The van der Waals surface area contributed by atoms with Crippen molar-refractivity contribution in [1.82, 2.24) is 14.3 Å². The van der Waals surface area contributed by atoms with Crippen LogP contribution in [0.2, 0.25) is 0 Å². The van der Waals surface area contributed by atoms with Crippen LogP contribution in [0.25, 0.3) is 16.2 Å². The first-order valence-corrected chi connectivity index (χ1v) is 12.4. The first kappa shape index (κ1) is 22.9. The lowest BCUT2D eigenvalue weighted by Crippen LogP contribution is -2.32. The fraction of sp³-hybridized carbons (Fsp3) is 0.172. The number of fused-ring (bicyclic) bond motifs is 1. The van der Waals surface area contributed by atoms with Crippen molar-refractivity contribution in [2.75, 3.05) is 13.7 Å². The van der Waals surface area contributed by atoms with Gasteiger partial charge in [-0.15, -0.1) is 0 Å². The molecule has 35 heavy (non-hydrogen) atoms. The van der Waals surface area contributed by atoms with Crippen LogP contribution >= 0.6 is 11.3 Å². The first-order chi connectivity index (χ1) is 17.1. The van der Waals surface area contributed by atoms with Gasteiger partial charge in [0.1, 0.15) is 10.6 Å². The zero-order valence-corrected chi connectivity index (χ0v) is 20.7. The average Bonchev–Trinajstić information content (AvgIpc) is 3.46. The number of aromatic nitrogens is 2. The number of rotatable bonds is 8. The molecular weight excluding hydrogens is 454 g/mol. The van der Waals surface area contributed by atoms with Gasteiger partial charge in [-0.25, -0.2) is 4.98 Å². The Morgan fingerprint density at radius 2 is 1.60 bits per heavy atom. The van der Waals surface area contributed by atoms with Gasteiger partial charge in [-0.3, -0.25) is 9.20 Å². The van der Waals surface area contributed by atoms with Crippen molar-refractivity contribution in [1.29, 1.82) is 0 Å². The minimum atomic E-state index is 0.0452. The Morgan fingerprint density at radius 3 is 2.23 bits per heavy atom. The molecule has 0 saturated heterocycles. The number of carbonyl (C=O) groups excluding carboxylic acids is 1. The van der Waals surface area contributed by atoms with Crippen molar-refractivity contribution in [2.45, 2.75) is 19.9 Å². The number of carbonyl (C=O) groups is 1. The van der Waals surface area contributed by atoms with Gasteiger partial charge in [0.25, 0.3) is 5.91 Å². The summed E-state index contributed by atoms with van der Waals surface area (Å²) in [6.07, 6.45) is 2.81. The smallest absolute Gasteiger partial charge is 0.266 e. The second kappa shape index (κ2) is 10.2. The summed E-state index contributed by atoms with van der Waals surface area (Å²) in [7, 11) is 1.66. The summed E-state index contributed by atoms with van der Waals surface area (Å²) in [5.41, 5.74) is 5.16. The predicted octanol–water partition coefficient (Wildman–Crippen LogP) is 6.26. The summed E-state index contributed by atoms with van der Waals surface area (Å²) in [5, 5.41) is 0. The summed E-state index contributed by atoms with van der Waals surface area (Å²) in [4.78, 5) is 22.1. The monoisotopic (exact) mass is 481 g/mol. The van der Waals surface area contributed by atoms with Crippen LogP contribution in [0, 0.1) is 6.92 Å². The van der Waals surface area contributed by atoms with Crippen LogP contribution in [-0.2, 0) is 13.0 Å². The van der Waals surface area contributed by atoms with E-state index in [2.05, 4.69) is 24.3 Å². The molecule has 5 aromatic rings. The number of ether oxygens (including phenoxy) is 1. The second-order valence-electron chi connectivity index (χ2n) is 8.47. The minimum Gasteiger partial charge on any atom is -0.497 e. The van der Waals surface area contributed by atoms with Gasteiger partial charge in [0.15, 0.2) is 4.96 Å². The molecule has 2 heterocycles. The molecule has 0 aliphatic heterocycles. The quantitative estimate of drug-likeness (QED) is 0.263. The first-order valence-electron chi connectivity index (χ1n) is 11.6. The third-order valence-corrected chi connectivity index (χ3v) is 7.30. The highest BCUT2D eigenvalue weighted by molar-refractivity contribution is 7.19. The Morgan fingerprint density at radius 1 is 0.943 bits per heavy atom. The molecule has 1 amide bonds. The zero-order valence-electron chi connectivity index (χ0n) is 19.8. The highest BCUT2D eigenvalue weighted by atomic mass is 32.1. The number of hydrogen-bond donors (Lipinski definition) is 0. The van der Waals surface area contributed by atoms with Crippen molar-refractivity contribution < 1.29 is 9.53 Å². The fourth-order valence-corrected chi connectivity index (χ4v) is 5.23. The van der Waals surface area contributed by atoms with E-state index in [0.717, 1.165) is 44.5 Å². The Balaban J connectivity index is 1.42.